The monoisotopic (exact) mass is 226 g/mol. The molecule has 0 amide bonds. The fourth-order valence-corrected chi connectivity index (χ4v) is 2.05. The summed E-state index contributed by atoms with van der Waals surface area (Å²) in [6, 6.07) is 0. The first kappa shape index (κ1) is 11.2. The normalized spacial score (nSPS) is 16.6. The minimum absolute atomic E-state index is 0.434. The highest BCUT2D eigenvalue weighted by Crippen LogP contribution is 2.28. The molecule has 0 aromatic carbocycles. The number of morpholine rings is 1. The van der Waals surface area contributed by atoms with Crippen molar-refractivity contribution in [2.24, 2.45) is 12.8 Å². The number of aryl methyl sites for hydroxylation is 1. The molecule has 2 N–H and O–H groups in total. The van der Waals surface area contributed by atoms with E-state index in [-0.39, 0.29) is 0 Å². The van der Waals surface area contributed by atoms with Crippen molar-refractivity contribution in [2.75, 3.05) is 38.3 Å². The van der Waals surface area contributed by atoms with Crippen LogP contribution in [-0.4, -0.2) is 43.2 Å². The third-order valence-corrected chi connectivity index (χ3v) is 2.78. The maximum Gasteiger partial charge on any atom is 0.239 e. The van der Waals surface area contributed by atoms with E-state index >= 15 is 0 Å². The third kappa shape index (κ3) is 1.85. The molecule has 0 bridgehead atoms. The topological polar surface area (TPSA) is 65.5 Å². The van der Waals surface area contributed by atoms with Crippen LogP contribution in [0.25, 0.3) is 0 Å². The summed E-state index contributed by atoms with van der Waals surface area (Å²) < 4.78 is 12.4. The van der Waals surface area contributed by atoms with Crippen LogP contribution in [0.1, 0.15) is 5.56 Å². The van der Waals surface area contributed by atoms with Crippen molar-refractivity contribution in [1.29, 1.82) is 0 Å². The predicted octanol–water partition coefficient (Wildman–Crippen LogP) is -0.276. The van der Waals surface area contributed by atoms with Crippen molar-refractivity contribution in [3.63, 3.8) is 0 Å². The zero-order chi connectivity index (χ0) is 11.5. The smallest absolute Gasteiger partial charge is 0.239 e. The van der Waals surface area contributed by atoms with Gasteiger partial charge in [-0.05, 0) is 0 Å². The van der Waals surface area contributed by atoms with E-state index in [1.165, 1.54) is 0 Å². The van der Waals surface area contributed by atoms with Gasteiger partial charge in [-0.2, -0.15) is 0 Å². The number of hydrogen-bond acceptors (Lipinski definition) is 5. The summed E-state index contributed by atoms with van der Waals surface area (Å²) in [6.07, 6.45) is 0. The number of ether oxygens (including phenoxy) is 2. The minimum atomic E-state index is 0.434. The zero-order valence-electron chi connectivity index (χ0n) is 9.77. The van der Waals surface area contributed by atoms with Crippen LogP contribution in [0, 0.1) is 0 Å². The standard InChI is InChI=1S/C10H18N4O2/c1-13-10(14-3-5-16-6-4-14)8(7-11)9(12-13)15-2/h3-7,11H2,1-2H3. The van der Waals surface area contributed by atoms with Gasteiger partial charge in [0.15, 0.2) is 0 Å². The molecule has 1 aliphatic rings. The molecule has 6 nitrogen and oxygen atoms in total. The third-order valence-electron chi connectivity index (χ3n) is 2.78. The number of nitrogens with zero attached hydrogens (tertiary/aromatic N) is 3. The van der Waals surface area contributed by atoms with Crippen molar-refractivity contribution >= 4 is 5.82 Å². The molecule has 2 rings (SSSR count). The summed E-state index contributed by atoms with van der Waals surface area (Å²) >= 11 is 0. The molecule has 0 radical (unpaired) electrons. The molecule has 1 aromatic rings. The lowest BCUT2D eigenvalue weighted by molar-refractivity contribution is 0.122. The van der Waals surface area contributed by atoms with E-state index in [0.717, 1.165) is 37.7 Å². The van der Waals surface area contributed by atoms with Gasteiger partial charge in [0.05, 0.1) is 25.9 Å². The Morgan fingerprint density at radius 2 is 2.12 bits per heavy atom. The lowest BCUT2D eigenvalue weighted by atomic mass is 10.2. The van der Waals surface area contributed by atoms with Crippen LogP contribution in [-0.2, 0) is 18.3 Å². The molecular formula is C10H18N4O2. The molecule has 90 valence electrons. The summed E-state index contributed by atoms with van der Waals surface area (Å²) in [7, 11) is 3.52. The molecule has 0 saturated carbocycles. The Labute approximate surface area is 94.9 Å². The van der Waals surface area contributed by atoms with E-state index in [1.54, 1.807) is 7.11 Å². The van der Waals surface area contributed by atoms with Gasteiger partial charge in [-0.15, -0.1) is 5.10 Å². The average Bonchev–Trinajstić information content (AvgIpc) is 2.66. The highest BCUT2D eigenvalue weighted by Gasteiger charge is 2.22. The van der Waals surface area contributed by atoms with Crippen LogP contribution >= 0.6 is 0 Å². The van der Waals surface area contributed by atoms with E-state index in [9.17, 15) is 0 Å². The number of anilines is 1. The second-order valence-electron chi connectivity index (χ2n) is 3.74. The van der Waals surface area contributed by atoms with Gasteiger partial charge in [-0.25, -0.2) is 4.68 Å². The summed E-state index contributed by atoms with van der Waals surface area (Å²) in [5, 5.41) is 4.31. The first-order valence-corrected chi connectivity index (χ1v) is 5.40. The quantitative estimate of drug-likeness (QED) is 0.768. The van der Waals surface area contributed by atoms with Crippen molar-refractivity contribution < 1.29 is 9.47 Å². The first-order valence-electron chi connectivity index (χ1n) is 5.40. The lowest BCUT2D eigenvalue weighted by Gasteiger charge is -2.29. The van der Waals surface area contributed by atoms with Crippen molar-refractivity contribution in [3.05, 3.63) is 5.56 Å². The highest BCUT2D eigenvalue weighted by atomic mass is 16.5. The van der Waals surface area contributed by atoms with Crippen LogP contribution in [0.15, 0.2) is 0 Å². The number of hydrogen-bond donors (Lipinski definition) is 1. The molecule has 1 aliphatic heterocycles. The highest BCUT2D eigenvalue weighted by molar-refractivity contribution is 5.53. The average molecular weight is 226 g/mol. The van der Waals surface area contributed by atoms with Gasteiger partial charge in [-0.1, -0.05) is 0 Å². The molecule has 2 heterocycles. The fourth-order valence-electron chi connectivity index (χ4n) is 2.05. The summed E-state index contributed by atoms with van der Waals surface area (Å²) in [5.74, 6) is 1.66. The van der Waals surface area contributed by atoms with Crippen LogP contribution in [0.5, 0.6) is 5.88 Å². The van der Waals surface area contributed by atoms with Gasteiger partial charge < -0.3 is 20.1 Å². The molecule has 16 heavy (non-hydrogen) atoms. The van der Waals surface area contributed by atoms with Gasteiger partial charge in [0, 0.05) is 26.7 Å². The Morgan fingerprint density at radius 1 is 1.44 bits per heavy atom. The maximum absolute atomic E-state index is 5.76. The van der Waals surface area contributed by atoms with Crippen molar-refractivity contribution in [2.45, 2.75) is 6.54 Å². The molecule has 0 atom stereocenters. The number of rotatable bonds is 3. The Morgan fingerprint density at radius 3 is 2.69 bits per heavy atom. The lowest BCUT2D eigenvalue weighted by Crippen LogP contribution is -2.38. The van der Waals surface area contributed by atoms with Gasteiger partial charge in [0.2, 0.25) is 5.88 Å². The number of aromatic nitrogens is 2. The first-order chi connectivity index (χ1) is 7.77. The van der Waals surface area contributed by atoms with Gasteiger partial charge in [-0.3, -0.25) is 0 Å². The van der Waals surface area contributed by atoms with Crippen molar-refractivity contribution in [1.82, 2.24) is 9.78 Å². The maximum atomic E-state index is 5.76. The Kier molecular flexibility index (Phi) is 3.31. The van der Waals surface area contributed by atoms with E-state index in [2.05, 4.69) is 10.00 Å². The fraction of sp³-hybridized carbons (Fsp3) is 0.700. The Balaban J connectivity index is 2.33. The molecule has 1 saturated heterocycles. The number of nitrogens with two attached hydrogens (primary N) is 1. The van der Waals surface area contributed by atoms with E-state index < -0.39 is 0 Å². The molecule has 0 unspecified atom stereocenters. The second kappa shape index (κ2) is 4.71. The SMILES string of the molecule is COc1nn(C)c(N2CCOCC2)c1CN. The molecule has 6 heteroatoms. The van der Waals surface area contributed by atoms with Crippen molar-refractivity contribution in [3.8, 4) is 5.88 Å². The molecule has 0 aliphatic carbocycles. The predicted molar refractivity (Wildman–Crippen MR) is 60.7 cm³/mol. The van der Waals surface area contributed by atoms with Gasteiger partial charge in [0.1, 0.15) is 5.82 Å². The minimum Gasteiger partial charge on any atom is -0.480 e. The summed E-state index contributed by atoms with van der Waals surface area (Å²) in [6.45, 7) is 3.67. The molecule has 1 aromatic heterocycles. The molecular weight excluding hydrogens is 208 g/mol. The Bertz CT molecular complexity index is 358. The molecule has 1 fully saturated rings. The van der Waals surface area contributed by atoms with Gasteiger partial charge >= 0.3 is 0 Å². The van der Waals surface area contributed by atoms with Crippen LogP contribution in [0.3, 0.4) is 0 Å². The Hall–Kier alpha value is -1.27. The van der Waals surface area contributed by atoms with Crippen LogP contribution < -0.4 is 15.4 Å². The van der Waals surface area contributed by atoms with Crippen LogP contribution in [0.4, 0.5) is 5.82 Å². The largest absolute Gasteiger partial charge is 0.480 e. The molecule has 0 spiro atoms. The second-order valence-corrected chi connectivity index (χ2v) is 3.74. The van der Waals surface area contributed by atoms with Gasteiger partial charge in [0.25, 0.3) is 0 Å². The van der Waals surface area contributed by atoms with E-state index in [0.29, 0.717) is 12.4 Å². The zero-order valence-corrected chi connectivity index (χ0v) is 9.77. The summed E-state index contributed by atoms with van der Waals surface area (Å²) in [4.78, 5) is 2.24. The number of methoxy groups -OCH3 is 1. The van der Waals surface area contributed by atoms with E-state index in [1.807, 2.05) is 11.7 Å². The van der Waals surface area contributed by atoms with Crippen LogP contribution in [0.2, 0.25) is 0 Å². The van der Waals surface area contributed by atoms with E-state index in [4.69, 9.17) is 15.2 Å². The summed E-state index contributed by atoms with van der Waals surface area (Å²) in [5.41, 5.74) is 6.72.